The highest BCUT2D eigenvalue weighted by Gasteiger charge is 2.15. The van der Waals surface area contributed by atoms with Crippen LogP contribution in [0.15, 0.2) is 43.1 Å². The lowest BCUT2D eigenvalue weighted by Gasteiger charge is -2.16. The van der Waals surface area contributed by atoms with Crippen LogP contribution < -0.4 is 5.32 Å². The Morgan fingerprint density at radius 3 is 2.95 bits per heavy atom. The summed E-state index contributed by atoms with van der Waals surface area (Å²) in [6.45, 7) is 2.03. The summed E-state index contributed by atoms with van der Waals surface area (Å²) < 4.78 is 1.82. The van der Waals surface area contributed by atoms with Crippen molar-refractivity contribution >= 4 is 17.1 Å². The summed E-state index contributed by atoms with van der Waals surface area (Å²) in [6, 6.07) is 5.52. The van der Waals surface area contributed by atoms with Crippen molar-refractivity contribution in [2.45, 2.75) is 19.4 Å². The van der Waals surface area contributed by atoms with Crippen LogP contribution in [-0.2, 0) is 7.05 Å². The van der Waals surface area contributed by atoms with E-state index in [1.54, 1.807) is 31.0 Å². The fourth-order valence-electron chi connectivity index (χ4n) is 2.39. The van der Waals surface area contributed by atoms with E-state index < -0.39 is 0 Å². The SMILES string of the molecule is CCC(NC(=O)c1cnc2c(c1)ncn2C)c1cccnc1. The zero-order chi connectivity index (χ0) is 15.5. The molecule has 0 aliphatic rings. The number of hydrogen-bond donors (Lipinski definition) is 1. The van der Waals surface area contributed by atoms with Crippen molar-refractivity contribution in [1.82, 2.24) is 24.8 Å². The Hall–Kier alpha value is -2.76. The topological polar surface area (TPSA) is 72.7 Å². The molecule has 3 aromatic heterocycles. The first-order chi connectivity index (χ1) is 10.7. The number of imidazole rings is 1. The average molecular weight is 295 g/mol. The van der Waals surface area contributed by atoms with Crippen LogP contribution in [0.5, 0.6) is 0 Å². The molecule has 0 fully saturated rings. The molecule has 3 heterocycles. The number of fused-ring (bicyclic) bond motifs is 1. The van der Waals surface area contributed by atoms with Crippen LogP contribution >= 0.6 is 0 Å². The van der Waals surface area contributed by atoms with Gasteiger partial charge in [-0.3, -0.25) is 9.78 Å². The van der Waals surface area contributed by atoms with Crippen molar-refractivity contribution in [3.8, 4) is 0 Å². The third-order valence-electron chi connectivity index (χ3n) is 3.61. The van der Waals surface area contributed by atoms with Crippen molar-refractivity contribution in [1.29, 1.82) is 0 Å². The largest absolute Gasteiger partial charge is 0.345 e. The molecule has 3 rings (SSSR count). The van der Waals surface area contributed by atoms with Gasteiger partial charge in [-0.1, -0.05) is 13.0 Å². The number of nitrogens with one attached hydrogen (secondary N) is 1. The molecule has 1 atom stereocenters. The molecule has 1 unspecified atom stereocenters. The smallest absolute Gasteiger partial charge is 0.253 e. The fraction of sp³-hybridized carbons (Fsp3) is 0.250. The van der Waals surface area contributed by atoms with Gasteiger partial charge in [-0.2, -0.15) is 0 Å². The summed E-state index contributed by atoms with van der Waals surface area (Å²) in [6.07, 6.45) is 7.54. The molecule has 0 aliphatic heterocycles. The van der Waals surface area contributed by atoms with Gasteiger partial charge in [-0.25, -0.2) is 9.97 Å². The lowest BCUT2D eigenvalue weighted by atomic mass is 10.1. The van der Waals surface area contributed by atoms with E-state index in [0.717, 1.165) is 17.6 Å². The third kappa shape index (κ3) is 2.67. The highest BCUT2D eigenvalue weighted by atomic mass is 16.1. The monoisotopic (exact) mass is 295 g/mol. The number of carbonyl (C=O) groups is 1. The number of aromatic nitrogens is 4. The van der Waals surface area contributed by atoms with Gasteiger partial charge in [0.15, 0.2) is 5.65 Å². The van der Waals surface area contributed by atoms with E-state index in [0.29, 0.717) is 11.1 Å². The molecule has 1 N–H and O–H groups in total. The number of amides is 1. The van der Waals surface area contributed by atoms with Crippen LogP contribution in [0.4, 0.5) is 0 Å². The molecule has 6 nitrogen and oxygen atoms in total. The lowest BCUT2D eigenvalue weighted by molar-refractivity contribution is 0.0935. The summed E-state index contributed by atoms with van der Waals surface area (Å²) in [7, 11) is 1.87. The Labute approximate surface area is 128 Å². The van der Waals surface area contributed by atoms with Gasteiger partial charge in [0.2, 0.25) is 0 Å². The Morgan fingerprint density at radius 2 is 2.23 bits per heavy atom. The Balaban J connectivity index is 1.82. The second-order valence-electron chi connectivity index (χ2n) is 5.14. The maximum atomic E-state index is 12.4. The van der Waals surface area contributed by atoms with Crippen LogP contribution in [0.3, 0.4) is 0 Å². The van der Waals surface area contributed by atoms with Crippen LogP contribution in [0, 0.1) is 0 Å². The summed E-state index contributed by atoms with van der Waals surface area (Å²) in [4.78, 5) is 25.1. The average Bonchev–Trinajstić information content (AvgIpc) is 2.94. The highest BCUT2D eigenvalue weighted by Crippen LogP contribution is 2.17. The van der Waals surface area contributed by atoms with Gasteiger partial charge in [0.05, 0.1) is 17.9 Å². The van der Waals surface area contributed by atoms with E-state index in [1.165, 1.54) is 0 Å². The van der Waals surface area contributed by atoms with Crippen molar-refractivity contribution in [3.63, 3.8) is 0 Å². The zero-order valence-corrected chi connectivity index (χ0v) is 12.5. The van der Waals surface area contributed by atoms with E-state index in [2.05, 4.69) is 20.3 Å². The minimum absolute atomic E-state index is 0.0689. The minimum Gasteiger partial charge on any atom is -0.345 e. The van der Waals surface area contributed by atoms with Crippen LogP contribution in [-0.4, -0.2) is 25.4 Å². The number of hydrogen-bond acceptors (Lipinski definition) is 4. The molecule has 0 saturated carbocycles. The number of aryl methyl sites for hydroxylation is 1. The quantitative estimate of drug-likeness (QED) is 0.801. The van der Waals surface area contributed by atoms with Gasteiger partial charge >= 0.3 is 0 Å². The van der Waals surface area contributed by atoms with Crippen LogP contribution in [0.25, 0.3) is 11.2 Å². The molecule has 112 valence electrons. The third-order valence-corrected chi connectivity index (χ3v) is 3.61. The molecule has 22 heavy (non-hydrogen) atoms. The second-order valence-corrected chi connectivity index (χ2v) is 5.14. The van der Waals surface area contributed by atoms with E-state index in [-0.39, 0.29) is 11.9 Å². The molecule has 6 heteroatoms. The molecule has 0 saturated heterocycles. The number of pyridine rings is 2. The van der Waals surface area contributed by atoms with Gasteiger partial charge in [0, 0.05) is 25.6 Å². The summed E-state index contributed by atoms with van der Waals surface area (Å²) >= 11 is 0. The number of carbonyl (C=O) groups excluding carboxylic acids is 1. The highest BCUT2D eigenvalue weighted by molar-refractivity contribution is 5.96. The van der Waals surface area contributed by atoms with Crippen molar-refractivity contribution in [2.24, 2.45) is 7.05 Å². The summed E-state index contributed by atoms with van der Waals surface area (Å²) in [5.41, 5.74) is 2.97. The Bertz CT molecular complexity index is 797. The molecule has 0 bridgehead atoms. The van der Waals surface area contributed by atoms with Gasteiger partial charge in [0.1, 0.15) is 5.52 Å². The van der Waals surface area contributed by atoms with E-state index in [1.807, 2.05) is 30.7 Å². The molecule has 3 aromatic rings. The molecule has 0 aromatic carbocycles. The van der Waals surface area contributed by atoms with E-state index in [9.17, 15) is 4.79 Å². The summed E-state index contributed by atoms with van der Waals surface area (Å²) in [5.74, 6) is -0.157. The molecule has 1 amide bonds. The molecule has 0 radical (unpaired) electrons. The van der Waals surface area contributed by atoms with Crippen LogP contribution in [0.2, 0.25) is 0 Å². The van der Waals surface area contributed by atoms with Crippen molar-refractivity contribution < 1.29 is 4.79 Å². The zero-order valence-electron chi connectivity index (χ0n) is 12.5. The lowest BCUT2D eigenvalue weighted by Crippen LogP contribution is -2.28. The second kappa shape index (κ2) is 5.93. The number of rotatable bonds is 4. The van der Waals surface area contributed by atoms with Gasteiger partial charge < -0.3 is 9.88 Å². The van der Waals surface area contributed by atoms with Crippen molar-refractivity contribution in [2.75, 3.05) is 0 Å². The molecular formula is C16H17N5O. The molecule has 0 spiro atoms. The van der Waals surface area contributed by atoms with Gasteiger partial charge in [0.25, 0.3) is 5.91 Å². The standard InChI is InChI=1S/C16H17N5O/c1-3-13(11-5-4-6-17-8-11)20-16(22)12-7-14-15(18-9-12)21(2)10-19-14/h4-10,13H,3H2,1-2H3,(H,20,22). The van der Waals surface area contributed by atoms with Gasteiger partial charge in [-0.15, -0.1) is 0 Å². The van der Waals surface area contributed by atoms with E-state index >= 15 is 0 Å². The van der Waals surface area contributed by atoms with Gasteiger partial charge in [-0.05, 0) is 24.1 Å². The normalized spacial score (nSPS) is 12.3. The molecular weight excluding hydrogens is 278 g/mol. The maximum Gasteiger partial charge on any atom is 0.253 e. The first-order valence-corrected chi connectivity index (χ1v) is 7.17. The first-order valence-electron chi connectivity index (χ1n) is 7.17. The Kier molecular flexibility index (Phi) is 3.82. The predicted molar refractivity (Wildman–Crippen MR) is 83.2 cm³/mol. The molecule has 0 aliphatic carbocycles. The Morgan fingerprint density at radius 1 is 1.36 bits per heavy atom. The first kappa shape index (κ1) is 14.2. The number of nitrogens with zero attached hydrogens (tertiary/aromatic N) is 4. The fourth-order valence-corrected chi connectivity index (χ4v) is 2.39. The predicted octanol–water partition coefficient (Wildman–Crippen LogP) is 2.24. The van der Waals surface area contributed by atoms with E-state index in [4.69, 9.17) is 0 Å². The van der Waals surface area contributed by atoms with Crippen molar-refractivity contribution in [3.05, 3.63) is 54.2 Å². The minimum atomic E-state index is -0.157. The maximum absolute atomic E-state index is 12.4. The summed E-state index contributed by atoms with van der Waals surface area (Å²) in [5, 5.41) is 3.02. The van der Waals surface area contributed by atoms with Crippen LogP contribution in [0.1, 0.15) is 35.3 Å².